The van der Waals surface area contributed by atoms with E-state index < -0.39 is 21.9 Å². The number of benzene rings is 1. The minimum absolute atomic E-state index is 0.0107. The molecule has 1 fully saturated rings. The molecule has 0 unspecified atom stereocenters. The Balaban J connectivity index is 1.55. The van der Waals surface area contributed by atoms with Crippen LogP contribution in [-0.4, -0.2) is 54.3 Å². The van der Waals surface area contributed by atoms with Crippen LogP contribution >= 0.6 is 22.9 Å². The molecule has 1 aliphatic rings. The predicted octanol–water partition coefficient (Wildman–Crippen LogP) is 4.11. The molecule has 182 valence electrons. The number of amides is 1. The van der Waals surface area contributed by atoms with E-state index in [2.05, 4.69) is 15.3 Å². The number of fused-ring (bicyclic) bond motifs is 1. The van der Waals surface area contributed by atoms with Gasteiger partial charge in [-0.2, -0.15) is 4.31 Å². The number of thiazole rings is 1. The molecule has 0 radical (unpaired) electrons. The molecule has 1 saturated heterocycles. The van der Waals surface area contributed by atoms with Crippen LogP contribution in [0.15, 0.2) is 23.1 Å². The van der Waals surface area contributed by atoms with E-state index in [0.29, 0.717) is 34.4 Å². The number of piperidine rings is 1. The van der Waals surface area contributed by atoms with Crippen LogP contribution < -0.4 is 5.32 Å². The SMILES string of the molecule is CCOC(=O)c1c(C)[nH]c(C)c1S(=O)(=O)N1CCC[C@@H](C(=O)Nc2nc3ccc(Cl)cc3s2)C1. The van der Waals surface area contributed by atoms with E-state index in [1.54, 1.807) is 39.0 Å². The number of aromatic amines is 1. The number of nitrogens with zero attached hydrogens (tertiary/aromatic N) is 2. The van der Waals surface area contributed by atoms with Gasteiger partial charge in [-0.3, -0.25) is 4.79 Å². The number of H-pyrrole nitrogens is 1. The monoisotopic (exact) mass is 524 g/mol. The first-order chi connectivity index (χ1) is 16.1. The van der Waals surface area contributed by atoms with E-state index in [-0.39, 0.29) is 36.1 Å². The van der Waals surface area contributed by atoms with Crippen LogP contribution in [-0.2, 0) is 19.6 Å². The molecule has 0 aliphatic carbocycles. The zero-order valence-corrected chi connectivity index (χ0v) is 21.4. The van der Waals surface area contributed by atoms with Crippen molar-refractivity contribution in [3.05, 3.63) is 40.2 Å². The fraction of sp³-hybridized carbons (Fsp3) is 0.409. The number of hydrogen-bond donors (Lipinski definition) is 2. The molecule has 1 aromatic carbocycles. The predicted molar refractivity (Wildman–Crippen MR) is 131 cm³/mol. The number of sulfonamides is 1. The number of halogens is 1. The van der Waals surface area contributed by atoms with Gasteiger partial charge in [0.1, 0.15) is 10.5 Å². The van der Waals surface area contributed by atoms with E-state index in [4.69, 9.17) is 16.3 Å². The average Bonchev–Trinajstić information content (AvgIpc) is 3.32. The maximum Gasteiger partial charge on any atom is 0.341 e. The van der Waals surface area contributed by atoms with Crippen LogP contribution in [0.4, 0.5) is 5.13 Å². The molecule has 3 aromatic rings. The van der Waals surface area contributed by atoms with Crippen molar-refractivity contribution in [2.45, 2.75) is 38.5 Å². The highest BCUT2D eigenvalue weighted by Gasteiger charge is 2.38. The lowest BCUT2D eigenvalue weighted by molar-refractivity contribution is -0.120. The minimum atomic E-state index is -4.04. The van der Waals surface area contributed by atoms with Gasteiger partial charge in [-0.1, -0.05) is 22.9 Å². The fourth-order valence-electron chi connectivity index (χ4n) is 4.19. The van der Waals surface area contributed by atoms with Gasteiger partial charge in [-0.25, -0.2) is 18.2 Å². The van der Waals surface area contributed by atoms with Gasteiger partial charge in [0, 0.05) is 29.5 Å². The van der Waals surface area contributed by atoms with Crippen LogP contribution in [0.2, 0.25) is 5.02 Å². The molecule has 4 rings (SSSR count). The van der Waals surface area contributed by atoms with Crippen molar-refractivity contribution in [2.24, 2.45) is 5.92 Å². The molecular formula is C22H25ClN4O5S2. The molecule has 12 heteroatoms. The zero-order chi connectivity index (χ0) is 24.6. The number of ether oxygens (including phenoxy) is 1. The van der Waals surface area contributed by atoms with E-state index >= 15 is 0 Å². The normalized spacial score (nSPS) is 17.1. The smallest absolute Gasteiger partial charge is 0.341 e. The summed E-state index contributed by atoms with van der Waals surface area (Å²) in [6.07, 6.45) is 1.06. The number of hydrogen-bond acceptors (Lipinski definition) is 7. The summed E-state index contributed by atoms with van der Waals surface area (Å²) < 4.78 is 34.3. The number of rotatable bonds is 6. The standard InChI is InChI=1S/C22H25ClN4O5S2/c1-4-32-21(29)18-12(2)24-13(3)19(18)34(30,31)27-9-5-6-14(11-27)20(28)26-22-25-16-8-7-15(23)10-17(16)33-22/h7-8,10,14,24H,4-6,9,11H2,1-3H3,(H,25,26,28)/t14-/m1/s1. The van der Waals surface area contributed by atoms with Crippen molar-refractivity contribution in [2.75, 3.05) is 25.0 Å². The third-order valence-corrected chi connectivity index (χ3v) is 8.94. The second-order valence-electron chi connectivity index (χ2n) is 8.12. The Bertz CT molecular complexity index is 1370. The van der Waals surface area contributed by atoms with Crippen molar-refractivity contribution in [1.29, 1.82) is 0 Å². The van der Waals surface area contributed by atoms with Gasteiger partial charge in [0.25, 0.3) is 0 Å². The molecule has 3 heterocycles. The molecular weight excluding hydrogens is 500 g/mol. The topological polar surface area (TPSA) is 121 Å². The largest absolute Gasteiger partial charge is 0.462 e. The summed E-state index contributed by atoms with van der Waals surface area (Å²) in [5.41, 5.74) is 1.53. The second-order valence-corrected chi connectivity index (χ2v) is 11.5. The summed E-state index contributed by atoms with van der Waals surface area (Å²) in [5.74, 6) is -1.53. The third-order valence-electron chi connectivity index (χ3n) is 5.73. The fourth-order valence-corrected chi connectivity index (χ4v) is 7.27. The van der Waals surface area contributed by atoms with Gasteiger partial charge < -0.3 is 15.0 Å². The number of aryl methyl sites for hydroxylation is 2. The van der Waals surface area contributed by atoms with Crippen molar-refractivity contribution in [3.63, 3.8) is 0 Å². The van der Waals surface area contributed by atoms with Crippen molar-refractivity contribution >= 4 is 60.2 Å². The molecule has 2 N–H and O–H groups in total. The summed E-state index contributed by atoms with van der Waals surface area (Å²) in [7, 11) is -4.04. The summed E-state index contributed by atoms with van der Waals surface area (Å²) in [6.45, 7) is 5.31. The maximum absolute atomic E-state index is 13.6. The first-order valence-corrected chi connectivity index (χ1v) is 13.5. The molecule has 9 nitrogen and oxygen atoms in total. The lowest BCUT2D eigenvalue weighted by Gasteiger charge is -2.31. The Morgan fingerprint density at radius 3 is 2.82 bits per heavy atom. The average molecular weight is 525 g/mol. The number of anilines is 1. The van der Waals surface area contributed by atoms with Gasteiger partial charge in [-0.15, -0.1) is 0 Å². The third kappa shape index (κ3) is 4.70. The Morgan fingerprint density at radius 1 is 1.32 bits per heavy atom. The van der Waals surface area contributed by atoms with Crippen LogP contribution in [0.3, 0.4) is 0 Å². The van der Waals surface area contributed by atoms with E-state index in [1.165, 1.54) is 15.6 Å². The summed E-state index contributed by atoms with van der Waals surface area (Å²) >= 11 is 7.33. The van der Waals surface area contributed by atoms with Gasteiger partial charge in [-0.05, 0) is 51.8 Å². The Kier molecular flexibility index (Phi) is 6.99. The van der Waals surface area contributed by atoms with Gasteiger partial charge in [0.05, 0.1) is 22.7 Å². The van der Waals surface area contributed by atoms with Crippen molar-refractivity contribution < 1.29 is 22.7 Å². The summed E-state index contributed by atoms with van der Waals surface area (Å²) in [4.78, 5) is 32.7. The summed E-state index contributed by atoms with van der Waals surface area (Å²) in [5, 5.41) is 3.83. The molecule has 0 saturated carbocycles. The van der Waals surface area contributed by atoms with Crippen LogP contribution in [0.1, 0.15) is 41.5 Å². The van der Waals surface area contributed by atoms with Gasteiger partial charge in [0.2, 0.25) is 15.9 Å². The number of carbonyl (C=O) groups excluding carboxylic acids is 2. The van der Waals surface area contributed by atoms with Crippen molar-refractivity contribution in [1.82, 2.24) is 14.3 Å². The highest BCUT2D eigenvalue weighted by Crippen LogP contribution is 2.32. The lowest BCUT2D eigenvalue weighted by atomic mass is 9.99. The van der Waals surface area contributed by atoms with E-state index in [9.17, 15) is 18.0 Å². The molecule has 1 atom stereocenters. The zero-order valence-electron chi connectivity index (χ0n) is 19.0. The van der Waals surface area contributed by atoms with Gasteiger partial charge in [0.15, 0.2) is 5.13 Å². The lowest BCUT2D eigenvalue weighted by Crippen LogP contribution is -2.44. The Labute approximate surface area is 206 Å². The minimum Gasteiger partial charge on any atom is -0.462 e. The molecule has 0 bridgehead atoms. The van der Waals surface area contributed by atoms with Crippen LogP contribution in [0, 0.1) is 19.8 Å². The molecule has 1 aliphatic heterocycles. The van der Waals surface area contributed by atoms with E-state index in [0.717, 1.165) is 10.2 Å². The highest BCUT2D eigenvalue weighted by atomic mass is 35.5. The molecule has 2 aromatic heterocycles. The second kappa shape index (κ2) is 9.65. The summed E-state index contributed by atoms with van der Waals surface area (Å²) in [6, 6.07) is 5.29. The maximum atomic E-state index is 13.6. The number of aromatic nitrogens is 2. The number of esters is 1. The molecule has 1 amide bonds. The quantitative estimate of drug-likeness (QED) is 0.468. The molecule has 0 spiro atoms. The van der Waals surface area contributed by atoms with Gasteiger partial charge >= 0.3 is 5.97 Å². The van der Waals surface area contributed by atoms with Crippen LogP contribution in [0.5, 0.6) is 0 Å². The Morgan fingerprint density at radius 2 is 2.09 bits per heavy atom. The van der Waals surface area contributed by atoms with Crippen molar-refractivity contribution in [3.8, 4) is 0 Å². The Hall–Kier alpha value is -2.47. The molecule has 34 heavy (non-hydrogen) atoms. The van der Waals surface area contributed by atoms with E-state index in [1.807, 2.05) is 0 Å². The first kappa shape index (κ1) is 24.6. The van der Waals surface area contributed by atoms with Crippen LogP contribution in [0.25, 0.3) is 10.2 Å². The number of carbonyl (C=O) groups is 2. The first-order valence-electron chi connectivity index (χ1n) is 10.8. The number of nitrogens with one attached hydrogen (secondary N) is 2. The highest BCUT2D eigenvalue weighted by molar-refractivity contribution is 7.89.